The maximum Gasteiger partial charge on any atom is 0.169 e. The molecule has 84 valence electrons. The summed E-state index contributed by atoms with van der Waals surface area (Å²) >= 11 is 13.2. The summed E-state index contributed by atoms with van der Waals surface area (Å²) in [4.78, 5) is 4.49. The molecular formula is C11H10Cl2N2S. The van der Waals surface area contributed by atoms with E-state index >= 15 is 0 Å². The Morgan fingerprint density at radius 1 is 1.56 bits per heavy atom. The van der Waals surface area contributed by atoms with Crippen LogP contribution in [0.25, 0.3) is 11.0 Å². The van der Waals surface area contributed by atoms with Crippen LogP contribution in [0.15, 0.2) is 35.0 Å². The van der Waals surface area contributed by atoms with E-state index in [1.54, 1.807) is 11.8 Å². The van der Waals surface area contributed by atoms with E-state index < -0.39 is 0 Å². The average molecular weight is 273 g/mol. The Kier molecular flexibility index (Phi) is 3.47. The second kappa shape index (κ2) is 4.70. The van der Waals surface area contributed by atoms with Crippen LogP contribution in [0.4, 0.5) is 0 Å². The molecule has 5 heteroatoms. The van der Waals surface area contributed by atoms with Gasteiger partial charge in [0, 0.05) is 22.9 Å². The minimum absolute atomic E-state index is 0.620. The molecule has 1 aromatic carbocycles. The number of aryl methyl sites for hydroxylation is 1. The summed E-state index contributed by atoms with van der Waals surface area (Å²) in [6.07, 6.45) is 0. The fourth-order valence-electron chi connectivity index (χ4n) is 1.42. The van der Waals surface area contributed by atoms with E-state index in [0.717, 1.165) is 16.2 Å². The first kappa shape index (κ1) is 11.8. The Morgan fingerprint density at radius 3 is 3.00 bits per heavy atom. The molecule has 0 aliphatic rings. The van der Waals surface area contributed by atoms with Crippen LogP contribution in [0, 0.1) is 0 Å². The number of rotatable bonds is 3. The van der Waals surface area contributed by atoms with Crippen LogP contribution in [0.5, 0.6) is 0 Å². The maximum absolute atomic E-state index is 5.92. The lowest BCUT2D eigenvalue weighted by molar-refractivity contribution is 0.816. The smallest absolute Gasteiger partial charge is 0.169 e. The van der Waals surface area contributed by atoms with Gasteiger partial charge in [0.25, 0.3) is 0 Å². The predicted octanol–water partition coefficient (Wildman–Crippen LogP) is 4.07. The standard InChI is InChI=1S/C11H10Cl2N2S/c1-7(12)6-16-11-14-9-5-8(13)3-4-10(9)15(11)2/h3-5H,1,6H2,2H3. The molecule has 2 aromatic rings. The highest BCUT2D eigenvalue weighted by molar-refractivity contribution is 7.99. The third-order valence-electron chi connectivity index (χ3n) is 2.16. The van der Waals surface area contributed by atoms with Crippen molar-refractivity contribution in [3.8, 4) is 0 Å². The Hall–Kier alpha value is -0.640. The SMILES string of the molecule is C=C(Cl)CSc1nc2cc(Cl)ccc2n1C. The van der Waals surface area contributed by atoms with Crippen molar-refractivity contribution >= 4 is 46.0 Å². The molecule has 0 bridgehead atoms. The third kappa shape index (κ3) is 2.37. The van der Waals surface area contributed by atoms with Crippen LogP contribution < -0.4 is 0 Å². The quantitative estimate of drug-likeness (QED) is 0.784. The largest absolute Gasteiger partial charge is 0.322 e. The monoisotopic (exact) mass is 272 g/mol. The Bertz CT molecular complexity index is 548. The number of hydrogen-bond donors (Lipinski definition) is 0. The summed E-state index contributed by atoms with van der Waals surface area (Å²) in [5, 5.41) is 2.23. The van der Waals surface area contributed by atoms with Crippen molar-refractivity contribution < 1.29 is 0 Å². The number of imidazole rings is 1. The average Bonchev–Trinajstić information content (AvgIpc) is 2.52. The second-order valence-corrected chi connectivity index (χ2v) is 5.31. The van der Waals surface area contributed by atoms with Gasteiger partial charge >= 0.3 is 0 Å². The number of halogens is 2. The normalized spacial score (nSPS) is 10.9. The van der Waals surface area contributed by atoms with Gasteiger partial charge in [0.05, 0.1) is 11.0 Å². The fraction of sp³-hybridized carbons (Fsp3) is 0.182. The highest BCUT2D eigenvalue weighted by Gasteiger charge is 2.08. The minimum Gasteiger partial charge on any atom is -0.322 e. The van der Waals surface area contributed by atoms with Crippen molar-refractivity contribution in [2.45, 2.75) is 5.16 Å². The fourth-order valence-corrected chi connectivity index (χ4v) is 2.49. The van der Waals surface area contributed by atoms with Crippen LogP contribution in [0.3, 0.4) is 0 Å². The Morgan fingerprint density at radius 2 is 2.31 bits per heavy atom. The first-order valence-corrected chi connectivity index (χ1v) is 6.40. The maximum atomic E-state index is 5.92. The molecule has 1 aromatic heterocycles. The van der Waals surface area contributed by atoms with Crippen molar-refractivity contribution in [1.82, 2.24) is 9.55 Å². The van der Waals surface area contributed by atoms with Gasteiger partial charge in [0.15, 0.2) is 5.16 Å². The van der Waals surface area contributed by atoms with Crippen molar-refractivity contribution in [2.24, 2.45) is 7.05 Å². The van der Waals surface area contributed by atoms with Gasteiger partial charge in [0.2, 0.25) is 0 Å². The molecule has 0 saturated carbocycles. The van der Waals surface area contributed by atoms with Gasteiger partial charge in [-0.05, 0) is 18.2 Å². The van der Waals surface area contributed by atoms with Gasteiger partial charge in [-0.1, -0.05) is 41.5 Å². The zero-order chi connectivity index (χ0) is 11.7. The first-order valence-electron chi connectivity index (χ1n) is 4.66. The van der Waals surface area contributed by atoms with Gasteiger partial charge in [-0.15, -0.1) is 0 Å². The zero-order valence-corrected chi connectivity index (χ0v) is 11.0. The van der Waals surface area contributed by atoms with E-state index in [9.17, 15) is 0 Å². The molecule has 0 aliphatic carbocycles. The molecule has 1 heterocycles. The molecule has 0 fully saturated rings. The molecule has 0 saturated heterocycles. The number of benzene rings is 1. The van der Waals surface area contributed by atoms with Crippen LogP contribution in [0.1, 0.15) is 0 Å². The number of aromatic nitrogens is 2. The summed E-state index contributed by atoms with van der Waals surface area (Å²) in [5.74, 6) is 0.659. The number of fused-ring (bicyclic) bond motifs is 1. The van der Waals surface area contributed by atoms with Gasteiger partial charge in [-0.3, -0.25) is 0 Å². The van der Waals surface area contributed by atoms with Gasteiger partial charge in [0.1, 0.15) is 0 Å². The summed E-state index contributed by atoms with van der Waals surface area (Å²) < 4.78 is 2.02. The van der Waals surface area contributed by atoms with Crippen molar-refractivity contribution in [3.05, 3.63) is 34.8 Å². The highest BCUT2D eigenvalue weighted by Crippen LogP contribution is 2.26. The van der Waals surface area contributed by atoms with E-state index in [0.29, 0.717) is 15.8 Å². The van der Waals surface area contributed by atoms with E-state index in [1.165, 1.54) is 0 Å². The molecule has 0 N–H and O–H groups in total. The summed E-state index contributed by atoms with van der Waals surface area (Å²) in [6.45, 7) is 3.65. The van der Waals surface area contributed by atoms with Crippen LogP contribution in [-0.4, -0.2) is 15.3 Å². The van der Waals surface area contributed by atoms with E-state index in [-0.39, 0.29) is 0 Å². The summed E-state index contributed by atoms with van der Waals surface area (Å²) in [5.41, 5.74) is 1.96. The second-order valence-electron chi connectivity index (χ2n) is 3.39. The lowest BCUT2D eigenvalue weighted by atomic mass is 10.3. The van der Waals surface area contributed by atoms with Crippen molar-refractivity contribution in [2.75, 3.05) is 5.75 Å². The van der Waals surface area contributed by atoms with Gasteiger partial charge in [-0.25, -0.2) is 4.98 Å². The van der Waals surface area contributed by atoms with E-state index in [1.807, 2.05) is 29.8 Å². The number of hydrogen-bond acceptors (Lipinski definition) is 2. The van der Waals surface area contributed by atoms with Crippen LogP contribution in [-0.2, 0) is 7.05 Å². The molecule has 0 aliphatic heterocycles. The third-order valence-corrected chi connectivity index (χ3v) is 3.80. The van der Waals surface area contributed by atoms with Gasteiger partial charge < -0.3 is 4.57 Å². The lowest BCUT2D eigenvalue weighted by Crippen LogP contribution is -1.91. The number of nitrogens with zero attached hydrogens (tertiary/aromatic N) is 2. The molecule has 0 amide bonds. The highest BCUT2D eigenvalue weighted by atomic mass is 35.5. The molecule has 0 atom stereocenters. The summed E-state index contributed by atoms with van der Waals surface area (Å²) in [6, 6.07) is 5.68. The van der Waals surface area contributed by atoms with Crippen molar-refractivity contribution in [3.63, 3.8) is 0 Å². The molecule has 0 unspecified atom stereocenters. The zero-order valence-electron chi connectivity index (χ0n) is 8.70. The first-order chi connectivity index (χ1) is 7.58. The molecule has 2 nitrogen and oxygen atoms in total. The molecule has 2 rings (SSSR count). The minimum atomic E-state index is 0.620. The number of thioether (sulfide) groups is 1. The Balaban J connectivity index is 2.39. The molecule has 0 spiro atoms. The summed E-state index contributed by atoms with van der Waals surface area (Å²) in [7, 11) is 1.97. The lowest BCUT2D eigenvalue weighted by Gasteiger charge is -2.00. The van der Waals surface area contributed by atoms with Crippen LogP contribution in [0.2, 0.25) is 5.02 Å². The molecular weight excluding hydrogens is 263 g/mol. The topological polar surface area (TPSA) is 17.8 Å². The van der Waals surface area contributed by atoms with Gasteiger partial charge in [-0.2, -0.15) is 0 Å². The van der Waals surface area contributed by atoms with Crippen molar-refractivity contribution in [1.29, 1.82) is 0 Å². The van der Waals surface area contributed by atoms with Crippen LogP contribution >= 0.6 is 35.0 Å². The Labute approximate surface area is 108 Å². The van der Waals surface area contributed by atoms with E-state index in [2.05, 4.69) is 11.6 Å². The molecule has 0 radical (unpaired) electrons. The molecule has 16 heavy (non-hydrogen) atoms. The predicted molar refractivity (Wildman–Crippen MR) is 71.4 cm³/mol. The van der Waals surface area contributed by atoms with E-state index in [4.69, 9.17) is 23.2 Å².